The monoisotopic (exact) mass is 299 g/mol. The number of nitrogens with one attached hydrogen (secondary N) is 1. The SMILES string of the molecule is CNCc1cnc(OCCN(C(C)C)C(C)C)c(Cl)c1. The summed E-state index contributed by atoms with van der Waals surface area (Å²) in [4.78, 5) is 6.65. The van der Waals surface area contributed by atoms with Gasteiger partial charge in [-0.25, -0.2) is 4.98 Å². The van der Waals surface area contributed by atoms with Gasteiger partial charge in [0.25, 0.3) is 0 Å². The lowest BCUT2D eigenvalue weighted by molar-refractivity contribution is 0.140. The summed E-state index contributed by atoms with van der Waals surface area (Å²) in [6.07, 6.45) is 1.79. The van der Waals surface area contributed by atoms with Crippen LogP contribution in [-0.2, 0) is 6.54 Å². The van der Waals surface area contributed by atoms with E-state index < -0.39 is 0 Å². The number of hydrogen-bond donors (Lipinski definition) is 1. The van der Waals surface area contributed by atoms with Gasteiger partial charge in [-0.05, 0) is 46.4 Å². The highest BCUT2D eigenvalue weighted by Gasteiger charge is 2.13. The molecule has 0 amide bonds. The molecule has 4 nitrogen and oxygen atoms in total. The van der Waals surface area contributed by atoms with Gasteiger partial charge in [0.1, 0.15) is 11.6 Å². The van der Waals surface area contributed by atoms with Crippen LogP contribution in [0.15, 0.2) is 12.3 Å². The minimum Gasteiger partial charge on any atom is -0.475 e. The predicted molar refractivity (Wildman–Crippen MR) is 84.5 cm³/mol. The molecule has 0 aliphatic rings. The molecule has 0 unspecified atom stereocenters. The molecule has 0 atom stereocenters. The van der Waals surface area contributed by atoms with E-state index in [-0.39, 0.29) is 0 Å². The molecule has 0 radical (unpaired) electrons. The molecule has 0 aliphatic carbocycles. The smallest absolute Gasteiger partial charge is 0.232 e. The van der Waals surface area contributed by atoms with Crippen molar-refractivity contribution in [1.82, 2.24) is 15.2 Å². The maximum absolute atomic E-state index is 6.18. The first kappa shape index (κ1) is 17.2. The second-order valence-corrected chi connectivity index (χ2v) is 5.84. The second-order valence-electron chi connectivity index (χ2n) is 5.43. The first-order valence-corrected chi connectivity index (χ1v) is 7.51. The van der Waals surface area contributed by atoms with Crippen LogP contribution in [0, 0.1) is 0 Å². The largest absolute Gasteiger partial charge is 0.475 e. The Morgan fingerprint density at radius 1 is 1.30 bits per heavy atom. The lowest BCUT2D eigenvalue weighted by Gasteiger charge is -2.30. The van der Waals surface area contributed by atoms with Crippen LogP contribution in [0.25, 0.3) is 0 Å². The molecule has 114 valence electrons. The van der Waals surface area contributed by atoms with Crippen molar-refractivity contribution in [2.24, 2.45) is 0 Å². The Labute approximate surface area is 127 Å². The van der Waals surface area contributed by atoms with E-state index in [9.17, 15) is 0 Å². The molecule has 0 saturated carbocycles. The minimum absolute atomic E-state index is 0.500. The van der Waals surface area contributed by atoms with Crippen LogP contribution in [-0.4, -0.2) is 42.2 Å². The average Bonchev–Trinajstić information content (AvgIpc) is 2.36. The molecule has 0 fully saturated rings. The van der Waals surface area contributed by atoms with Gasteiger partial charge in [-0.3, -0.25) is 4.90 Å². The standard InChI is InChI=1S/C15H26ClN3O/c1-11(2)19(12(3)4)6-7-20-15-14(16)8-13(9-17-5)10-18-15/h8,10-12,17H,6-7,9H2,1-5H3. The molecule has 1 heterocycles. The Morgan fingerprint density at radius 2 is 1.95 bits per heavy atom. The van der Waals surface area contributed by atoms with E-state index in [0.717, 1.165) is 18.7 Å². The second kappa shape index (κ2) is 8.45. The van der Waals surface area contributed by atoms with Crippen molar-refractivity contribution in [2.75, 3.05) is 20.2 Å². The first-order chi connectivity index (χ1) is 9.45. The van der Waals surface area contributed by atoms with Gasteiger partial charge in [0.05, 0.1) is 0 Å². The average molecular weight is 300 g/mol. The number of rotatable bonds is 8. The summed E-state index contributed by atoms with van der Waals surface area (Å²) >= 11 is 6.18. The van der Waals surface area contributed by atoms with E-state index >= 15 is 0 Å². The van der Waals surface area contributed by atoms with Crippen LogP contribution >= 0.6 is 11.6 Å². The summed E-state index contributed by atoms with van der Waals surface area (Å²) in [6, 6.07) is 2.89. The van der Waals surface area contributed by atoms with Gasteiger partial charge < -0.3 is 10.1 Å². The number of pyridine rings is 1. The fourth-order valence-corrected chi connectivity index (χ4v) is 2.48. The normalized spacial score (nSPS) is 11.7. The van der Waals surface area contributed by atoms with E-state index in [1.165, 1.54) is 0 Å². The van der Waals surface area contributed by atoms with Crippen molar-refractivity contribution in [3.05, 3.63) is 22.8 Å². The van der Waals surface area contributed by atoms with E-state index in [4.69, 9.17) is 16.3 Å². The fourth-order valence-electron chi connectivity index (χ4n) is 2.23. The quantitative estimate of drug-likeness (QED) is 0.801. The summed E-state index contributed by atoms with van der Waals surface area (Å²) in [6.45, 7) is 11.0. The van der Waals surface area contributed by atoms with E-state index in [2.05, 4.69) is 42.9 Å². The van der Waals surface area contributed by atoms with E-state index in [1.54, 1.807) is 6.20 Å². The molecule has 1 rings (SSSR count). The molecule has 1 N–H and O–H groups in total. The van der Waals surface area contributed by atoms with Crippen LogP contribution in [0.2, 0.25) is 5.02 Å². The molecule has 0 aromatic carbocycles. The summed E-state index contributed by atoms with van der Waals surface area (Å²) in [5, 5.41) is 3.64. The van der Waals surface area contributed by atoms with Gasteiger partial charge in [0, 0.05) is 31.4 Å². The lowest BCUT2D eigenvalue weighted by Crippen LogP contribution is -2.39. The third-order valence-corrected chi connectivity index (χ3v) is 3.43. The van der Waals surface area contributed by atoms with Gasteiger partial charge in [-0.2, -0.15) is 0 Å². The molecule has 1 aromatic rings. The molecule has 0 spiro atoms. The van der Waals surface area contributed by atoms with Gasteiger partial charge in [0.15, 0.2) is 0 Å². The van der Waals surface area contributed by atoms with Gasteiger partial charge in [0.2, 0.25) is 5.88 Å². The lowest BCUT2D eigenvalue weighted by atomic mass is 10.2. The van der Waals surface area contributed by atoms with Crippen molar-refractivity contribution in [2.45, 2.75) is 46.3 Å². The summed E-state index contributed by atoms with van der Waals surface area (Å²) in [5.41, 5.74) is 1.05. The van der Waals surface area contributed by atoms with Crippen molar-refractivity contribution < 1.29 is 4.74 Å². The highest BCUT2D eigenvalue weighted by atomic mass is 35.5. The highest BCUT2D eigenvalue weighted by molar-refractivity contribution is 6.31. The zero-order valence-electron chi connectivity index (χ0n) is 13.1. The fraction of sp³-hybridized carbons (Fsp3) is 0.667. The van der Waals surface area contributed by atoms with E-state index in [1.807, 2.05) is 13.1 Å². The maximum Gasteiger partial charge on any atom is 0.232 e. The van der Waals surface area contributed by atoms with E-state index in [0.29, 0.717) is 29.6 Å². The number of aromatic nitrogens is 1. The first-order valence-electron chi connectivity index (χ1n) is 7.13. The maximum atomic E-state index is 6.18. The van der Waals surface area contributed by atoms with Crippen LogP contribution in [0.1, 0.15) is 33.3 Å². The minimum atomic E-state index is 0.500. The predicted octanol–water partition coefficient (Wildman–Crippen LogP) is 2.95. The number of halogens is 1. The summed E-state index contributed by atoms with van der Waals surface area (Å²) in [5.74, 6) is 0.513. The highest BCUT2D eigenvalue weighted by Crippen LogP contribution is 2.22. The zero-order valence-corrected chi connectivity index (χ0v) is 13.9. The molecule has 1 aromatic heterocycles. The third kappa shape index (κ3) is 5.27. The Bertz CT molecular complexity index is 402. The van der Waals surface area contributed by atoms with Crippen LogP contribution in [0.4, 0.5) is 0 Å². The van der Waals surface area contributed by atoms with Gasteiger partial charge in [-0.1, -0.05) is 11.6 Å². The Kier molecular flexibility index (Phi) is 7.27. The van der Waals surface area contributed by atoms with Crippen LogP contribution in [0.5, 0.6) is 5.88 Å². The number of ether oxygens (including phenoxy) is 1. The summed E-state index contributed by atoms with van der Waals surface area (Å²) < 4.78 is 5.70. The van der Waals surface area contributed by atoms with Gasteiger partial charge in [-0.15, -0.1) is 0 Å². The van der Waals surface area contributed by atoms with Crippen LogP contribution < -0.4 is 10.1 Å². The molecule has 0 aliphatic heterocycles. The third-order valence-electron chi connectivity index (χ3n) is 3.16. The topological polar surface area (TPSA) is 37.4 Å². The van der Waals surface area contributed by atoms with Crippen LogP contribution in [0.3, 0.4) is 0 Å². The molecule has 20 heavy (non-hydrogen) atoms. The van der Waals surface area contributed by atoms with Crippen molar-refractivity contribution in [1.29, 1.82) is 0 Å². The van der Waals surface area contributed by atoms with Crippen molar-refractivity contribution in [3.63, 3.8) is 0 Å². The summed E-state index contributed by atoms with van der Waals surface area (Å²) in [7, 11) is 1.89. The molecule has 5 heteroatoms. The molecule has 0 saturated heterocycles. The molecular weight excluding hydrogens is 274 g/mol. The van der Waals surface area contributed by atoms with Crippen molar-refractivity contribution in [3.8, 4) is 5.88 Å². The number of nitrogens with zero attached hydrogens (tertiary/aromatic N) is 2. The van der Waals surface area contributed by atoms with Crippen molar-refractivity contribution >= 4 is 11.6 Å². The Balaban J connectivity index is 2.53. The van der Waals surface area contributed by atoms with Gasteiger partial charge >= 0.3 is 0 Å². The molecule has 0 bridgehead atoms. The Hall–Kier alpha value is -0.840. The number of hydrogen-bond acceptors (Lipinski definition) is 4. The Morgan fingerprint density at radius 3 is 2.45 bits per heavy atom. The molecular formula is C15H26ClN3O. The zero-order chi connectivity index (χ0) is 15.1.